The van der Waals surface area contributed by atoms with Crippen molar-refractivity contribution in [3.05, 3.63) is 30.1 Å². The summed E-state index contributed by atoms with van der Waals surface area (Å²) in [6.07, 6.45) is 9.13. The van der Waals surface area contributed by atoms with E-state index in [1.54, 1.807) is 0 Å². The lowest BCUT2D eigenvalue weighted by Crippen LogP contribution is -1.85. The van der Waals surface area contributed by atoms with Crippen molar-refractivity contribution in [1.29, 1.82) is 0 Å². The zero-order chi connectivity index (χ0) is 10.7. The van der Waals surface area contributed by atoms with Crippen molar-refractivity contribution in [3.63, 3.8) is 0 Å². The molecule has 2 nitrogen and oxygen atoms in total. The van der Waals surface area contributed by atoms with Crippen molar-refractivity contribution >= 4 is 11.0 Å². The van der Waals surface area contributed by atoms with Gasteiger partial charge in [0.05, 0.1) is 0 Å². The van der Waals surface area contributed by atoms with Gasteiger partial charge in [-0.25, -0.2) is 4.98 Å². The van der Waals surface area contributed by atoms with E-state index in [2.05, 4.69) is 35.8 Å². The van der Waals surface area contributed by atoms with Crippen molar-refractivity contribution in [3.8, 4) is 0 Å². The molecule has 2 heterocycles. The number of pyridine rings is 1. The van der Waals surface area contributed by atoms with Crippen molar-refractivity contribution in [2.45, 2.75) is 32.6 Å². The quantitative estimate of drug-likeness (QED) is 0.695. The molecule has 0 aromatic carbocycles. The highest BCUT2D eigenvalue weighted by Gasteiger charge is 2.05. The summed E-state index contributed by atoms with van der Waals surface area (Å²) in [5.74, 6) is 0. The summed E-state index contributed by atoms with van der Waals surface area (Å²) in [6.45, 7) is 2.24. The number of hydrogen-bond donors (Lipinski definition) is 0. The zero-order valence-electron chi connectivity index (χ0n) is 9.53. The lowest BCUT2D eigenvalue weighted by molar-refractivity contribution is 0.718. The number of fused-ring (bicyclic) bond motifs is 1. The van der Waals surface area contributed by atoms with Gasteiger partial charge < -0.3 is 4.57 Å². The average molecular weight is 202 g/mol. The van der Waals surface area contributed by atoms with Crippen molar-refractivity contribution < 1.29 is 0 Å². The van der Waals surface area contributed by atoms with Gasteiger partial charge in [0.1, 0.15) is 5.65 Å². The molecule has 0 saturated carbocycles. The normalized spacial score (nSPS) is 11.1. The van der Waals surface area contributed by atoms with Gasteiger partial charge in [-0.15, -0.1) is 0 Å². The van der Waals surface area contributed by atoms with Gasteiger partial charge in [0.2, 0.25) is 0 Å². The first-order chi connectivity index (χ1) is 7.33. The van der Waals surface area contributed by atoms with Crippen LogP contribution in [-0.2, 0) is 13.5 Å². The monoisotopic (exact) mass is 202 g/mol. The predicted molar refractivity (Wildman–Crippen MR) is 63.9 cm³/mol. The second-order valence-electron chi connectivity index (χ2n) is 4.10. The molecular weight excluding hydrogens is 184 g/mol. The summed E-state index contributed by atoms with van der Waals surface area (Å²) in [7, 11) is 2.07. The molecule has 0 atom stereocenters. The summed E-state index contributed by atoms with van der Waals surface area (Å²) in [4.78, 5) is 4.39. The Kier molecular flexibility index (Phi) is 3.05. The van der Waals surface area contributed by atoms with Crippen molar-refractivity contribution in [1.82, 2.24) is 9.55 Å². The maximum atomic E-state index is 4.39. The van der Waals surface area contributed by atoms with E-state index in [0.717, 1.165) is 5.65 Å². The third kappa shape index (κ3) is 2.04. The molecule has 2 aromatic rings. The van der Waals surface area contributed by atoms with Crippen LogP contribution in [0.4, 0.5) is 0 Å². The van der Waals surface area contributed by atoms with Crippen LogP contribution in [-0.4, -0.2) is 9.55 Å². The van der Waals surface area contributed by atoms with E-state index >= 15 is 0 Å². The van der Waals surface area contributed by atoms with Gasteiger partial charge >= 0.3 is 0 Å². The molecule has 0 fully saturated rings. The first-order valence-electron chi connectivity index (χ1n) is 5.72. The van der Waals surface area contributed by atoms with Gasteiger partial charge in [-0.2, -0.15) is 0 Å². The summed E-state index contributed by atoms with van der Waals surface area (Å²) in [5, 5.41) is 1.32. The van der Waals surface area contributed by atoms with E-state index in [9.17, 15) is 0 Å². The van der Waals surface area contributed by atoms with Crippen LogP contribution in [0.1, 0.15) is 31.7 Å². The molecule has 0 aliphatic carbocycles. The van der Waals surface area contributed by atoms with Crippen molar-refractivity contribution in [2.75, 3.05) is 0 Å². The van der Waals surface area contributed by atoms with E-state index in [1.165, 1.54) is 36.6 Å². The summed E-state index contributed by atoms with van der Waals surface area (Å²) < 4.78 is 2.12. The molecule has 0 aliphatic rings. The van der Waals surface area contributed by atoms with Crippen LogP contribution in [0.3, 0.4) is 0 Å². The Hall–Kier alpha value is -1.31. The first-order valence-corrected chi connectivity index (χ1v) is 5.72. The Bertz CT molecular complexity index is 443. The predicted octanol–water partition coefficient (Wildman–Crippen LogP) is 3.31. The molecule has 0 aliphatic heterocycles. The van der Waals surface area contributed by atoms with Crippen LogP contribution in [0, 0.1) is 0 Å². The molecule has 0 radical (unpaired) electrons. The Morgan fingerprint density at radius 1 is 1.33 bits per heavy atom. The minimum atomic E-state index is 1.10. The van der Waals surface area contributed by atoms with Crippen LogP contribution in [0.5, 0.6) is 0 Å². The zero-order valence-corrected chi connectivity index (χ0v) is 9.53. The SMILES string of the molecule is CCCCCc1cn(C)c2ncccc12. The van der Waals surface area contributed by atoms with E-state index in [0.29, 0.717) is 0 Å². The number of rotatable bonds is 4. The molecule has 0 spiro atoms. The smallest absolute Gasteiger partial charge is 0.139 e. The number of aromatic nitrogens is 2. The third-order valence-electron chi connectivity index (χ3n) is 2.87. The van der Waals surface area contributed by atoms with Crippen LogP contribution in [0.15, 0.2) is 24.5 Å². The molecule has 2 rings (SSSR count). The first kappa shape index (κ1) is 10.2. The average Bonchev–Trinajstić information content (AvgIpc) is 2.58. The van der Waals surface area contributed by atoms with E-state index in [4.69, 9.17) is 0 Å². The lowest BCUT2D eigenvalue weighted by Gasteiger charge is -1.97. The van der Waals surface area contributed by atoms with Gasteiger partial charge in [0.25, 0.3) is 0 Å². The van der Waals surface area contributed by atoms with Crippen LogP contribution >= 0.6 is 0 Å². The second kappa shape index (κ2) is 4.47. The lowest BCUT2D eigenvalue weighted by atomic mass is 10.1. The van der Waals surface area contributed by atoms with E-state index in [1.807, 2.05) is 12.3 Å². The molecule has 2 heteroatoms. The second-order valence-corrected chi connectivity index (χ2v) is 4.10. The summed E-state index contributed by atoms with van der Waals surface area (Å²) in [6, 6.07) is 4.19. The van der Waals surface area contributed by atoms with Crippen LogP contribution < -0.4 is 0 Å². The highest BCUT2D eigenvalue weighted by molar-refractivity contribution is 5.80. The number of aryl methyl sites for hydroxylation is 2. The Morgan fingerprint density at radius 3 is 3.00 bits per heavy atom. The van der Waals surface area contributed by atoms with Gasteiger partial charge in [0.15, 0.2) is 0 Å². The molecule has 0 amide bonds. The molecule has 0 unspecified atom stereocenters. The van der Waals surface area contributed by atoms with Crippen LogP contribution in [0.25, 0.3) is 11.0 Å². The summed E-state index contributed by atoms with van der Waals surface area (Å²) >= 11 is 0. The van der Waals surface area contributed by atoms with E-state index in [-0.39, 0.29) is 0 Å². The van der Waals surface area contributed by atoms with Crippen LogP contribution in [0.2, 0.25) is 0 Å². The Labute approximate surface area is 90.9 Å². The maximum Gasteiger partial charge on any atom is 0.139 e. The molecular formula is C13H18N2. The van der Waals surface area contributed by atoms with E-state index < -0.39 is 0 Å². The Balaban J connectivity index is 2.27. The number of unbranched alkanes of at least 4 members (excludes halogenated alkanes) is 2. The number of nitrogens with zero attached hydrogens (tertiary/aromatic N) is 2. The molecule has 0 bridgehead atoms. The third-order valence-corrected chi connectivity index (χ3v) is 2.87. The fraction of sp³-hybridized carbons (Fsp3) is 0.462. The van der Waals surface area contributed by atoms with Gasteiger partial charge in [-0.1, -0.05) is 19.8 Å². The topological polar surface area (TPSA) is 17.8 Å². The molecule has 80 valence electrons. The molecule has 0 N–H and O–H groups in total. The van der Waals surface area contributed by atoms with Gasteiger partial charge in [0, 0.05) is 24.8 Å². The minimum absolute atomic E-state index is 1.10. The molecule has 0 saturated heterocycles. The van der Waals surface area contributed by atoms with Gasteiger partial charge in [-0.3, -0.25) is 0 Å². The summed E-state index contributed by atoms with van der Waals surface area (Å²) in [5.41, 5.74) is 2.54. The fourth-order valence-electron chi connectivity index (χ4n) is 2.06. The maximum absolute atomic E-state index is 4.39. The van der Waals surface area contributed by atoms with Crippen molar-refractivity contribution in [2.24, 2.45) is 7.05 Å². The standard InChI is InChI=1S/C13H18N2/c1-3-4-5-7-11-10-15(2)13-12(11)8-6-9-14-13/h6,8-10H,3-5,7H2,1-2H3. The fourth-order valence-corrected chi connectivity index (χ4v) is 2.06. The van der Waals surface area contributed by atoms with Gasteiger partial charge in [-0.05, 0) is 30.5 Å². The molecule has 15 heavy (non-hydrogen) atoms. The largest absolute Gasteiger partial charge is 0.335 e. The highest BCUT2D eigenvalue weighted by Crippen LogP contribution is 2.20. The Morgan fingerprint density at radius 2 is 2.20 bits per heavy atom. The highest BCUT2D eigenvalue weighted by atomic mass is 15.0. The number of hydrogen-bond acceptors (Lipinski definition) is 1. The minimum Gasteiger partial charge on any atom is -0.335 e. The molecule has 2 aromatic heterocycles.